The van der Waals surface area contributed by atoms with Gasteiger partial charge in [-0.15, -0.1) is 0 Å². The molecule has 0 amide bonds. The smallest absolute Gasteiger partial charge is 0.151 e. The third-order valence-corrected chi connectivity index (χ3v) is 3.40. The number of nitrogens with zero attached hydrogens (tertiary/aromatic N) is 1. The zero-order valence-corrected chi connectivity index (χ0v) is 11.1. The fourth-order valence-corrected chi connectivity index (χ4v) is 2.33. The lowest BCUT2D eigenvalue weighted by atomic mass is 10.1. The van der Waals surface area contributed by atoms with E-state index in [2.05, 4.69) is 10.5 Å². The maximum Gasteiger partial charge on any atom is 0.151 e. The van der Waals surface area contributed by atoms with E-state index in [9.17, 15) is 4.39 Å². The molecule has 2 aromatic rings. The van der Waals surface area contributed by atoms with E-state index in [0.717, 1.165) is 37.4 Å². The van der Waals surface area contributed by atoms with E-state index < -0.39 is 0 Å². The molecule has 20 heavy (non-hydrogen) atoms. The molecule has 0 saturated carbocycles. The van der Waals surface area contributed by atoms with Crippen LogP contribution in [-0.2, 0) is 11.3 Å². The summed E-state index contributed by atoms with van der Waals surface area (Å²) in [5.74, 6) is 0.472. The van der Waals surface area contributed by atoms with E-state index in [-0.39, 0.29) is 5.82 Å². The van der Waals surface area contributed by atoms with Crippen LogP contribution in [0.5, 0.6) is 0 Å². The van der Waals surface area contributed by atoms with E-state index in [0.29, 0.717) is 18.3 Å². The number of benzene rings is 1. The summed E-state index contributed by atoms with van der Waals surface area (Å²) >= 11 is 0. The topological polar surface area (TPSA) is 47.3 Å². The van der Waals surface area contributed by atoms with Crippen molar-refractivity contribution in [2.24, 2.45) is 0 Å². The van der Waals surface area contributed by atoms with Crippen LogP contribution in [-0.4, -0.2) is 24.4 Å². The van der Waals surface area contributed by atoms with Crippen molar-refractivity contribution in [1.82, 2.24) is 10.5 Å². The minimum absolute atomic E-state index is 0.274. The van der Waals surface area contributed by atoms with E-state index in [1.807, 2.05) is 12.1 Å². The lowest BCUT2D eigenvalue weighted by Gasteiger charge is -2.22. The molecule has 0 bridgehead atoms. The second-order valence-corrected chi connectivity index (χ2v) is 4.98. The first-order valence-electron chi connectivity index (χ1n) is 6.84. The van der Waals surface area contributed by atoms with Gasteiger partial charge in [0.1, 0.15) is 11.5 Å². The van der Waals surface area contributed by atoms with E-state index >= 15 is 0 Å². The molecule has 1 N–H and O–H groups in total. The maximum atomic E-state index is 13.2. The Morgan fingerprint density at radius 3 is 3.10 bits per heavy atom. The molecule has 2 heterocycles. The molecule has 0 spiro atoms. The van der Waals surface area contributed by atoms with Crippen molar-refractivity contribution in [3.8, 4) is 11.3 Å². The zero-order valence-electron chi connectivity index (χ0n) is 11.1. The van der Waals surface area contributed by atoms with Crippen LogP contribution < -0.4 is 5.32 Å². The summed E-state index contributed by atoms with van der Waals surface area (Å²) in [6.07, 6.45) is 2.20. The van der Waals surface area contributed by atoms with E-state index in [1.165, 1.54) is 12.1 Å². The molecule has 0 aliphatic carbocycles. The van der Waals surface area contributed by atoms with Gasteiger partial charge in [0.2, 0.25) is 0 Å². The number of hydrogen-bond donors (Lipinski definition) is 1. The molecule has 1 fully saturated rings. The second kappa shape index (κ2) is 6.15. The Hall–Kier alpha value is -1.72. The van der Waals surface area contributed by atoms with Gasteiger partial charge in [0.05, 0.1) is 13.2 Å². The number of halogens is 1. The SMILES string of the molecule is Fc1cccc(-c2cc(CN[C@H]3CCCOC3)on2)c1. The second-order valence-electron chi connectivity index (χ2n) is 4.98. The third kappa shape index (κ3) is 3.23. The molecule has 0 unspecified atom stereocenters. The monoisotopic (exact) mass is 276 g/mol. The Bertz CT molecular complexity index is 565. The van der Waals surface area contributed by atoms with Crippen LogP contribution in [0.2, 0.25) is 0 Å². The highest BCUT2D eigenvalue weighted by Gasteiger charge is 2.14. The summed E-state index contributed by atoms with van der Waals surface area (Å²) in [6.45, 7) is 2.20. The third-order valence-electron chi connectivity index (χ3n) is 3.40. The molecule has 1 aromatic heterocycles. The molecule has 1 aliphatic rings. The highest BCUT2D eigenvalue weighted by molar-refractivity contribution is 5.58. The first-order valence-corrected chi connectivity index (χ1v) is 6.84. The summed E-state index contributed by atoms with van der Waals surface area (Å²) in [6, 6.07) is 8.54. The van der Waals surface area contributed by atoms with Crippen molar-refractivity contribution in [2.75, 3.05) is 13.2 Å². The van der Waals surface area contributed by atoms with Gasteiger partial charge in [0.25, 0.3) is 0 Å². The predicted octanol–water partition coefficient (Wildman–Crippen LogP) is 2.75. The van der Waals surface area contributed by atoms with Crippen LogP contribution in [0.3, 0.4) is 0 Å². The standard InChI is InChI=1S/C15H17FN2O2/c16-12-4-1-3-11(7-12)15-8-14(20-18-15)9-17-13-5-2-6-19-10-13/h1,3-4,7-8,13,17H,2,5-6,9-10H2/t13-/m0/s1. The number of aromatic nitrogens is 1. The minimum atomic E-state index is -0.274. The van der Waals surface area contributed by atoms with Gasteiger partial charge in [-0.25, -0.2) is 4.39 Å². The van der Waals surface area contributed by atoms with Crippen LogP contribution in [0.25, 0.3) is 11.3 Å². The van der Waals surface area contributed by atoms with E-state index in [1.54, 1.807) is 6.07 Å². The molecule has 3 rings (SSSR count). The Morgan fingerprint density at radius 1 is 1.35 bits per heavy atom. The number of hydrogen-bond acceptors (Lipinski definition) is 4. The van der Waals surface area contributed by atoms with Crippen LogP contribution in [0.15, 0.2) is 34.9 Å². The summed E-state index contributed by atoms with van der Waals surface area (Å²) in [7, 11) is 0. The van der Waals surface area contributed by atoms with Gasteiger partial charge in [0, 0.05) is 24.3 Å². The Morgan fingerprint density at radius 2 is 2.30 bits per heavy atom. The molecule has 1 atom stereocenters. The van der Waals surface area contributed by atoms with Gasteiger partial charge in [-0.1, -0.05) is 17.3 Å². The summed E-state index contributed by atoms with van der Waals surface area (Å²) in [4.78, 5) is 0. The van der Waals surface area contributed by atoms with Crippen molar-refractivity contribution < 1.29 is 13.7 Å². The van der Waals surface area contributed by atoms with E-state index in [4.69, 9.17) is 9.26 Å². The first kappa shape index (κ1) is 13.3. The van der Waals surface area contributed by atoms with Gasteiger partial charge in [-0.2, -0.15) is 0 Å². The molecule has 4 nitrogen and oxygen atoms in total. The fraction of sp³-hybridized carbons (Fsp3) is 0.400. The molecule has 1 aromatic carbocycles. The van der Waals surface area contributed by atoms with Crippen molar-refractivity contribution in [3.63, 3.8) is 0 Å². The highest BCUT2D eigenvalue weighted by atomic mass is 19.1. The maximum absolute atomic E-state index is 13.2. The summed E-state index contributed by atoms with van der Waals surface area (Å²) in [5, 5.41) is 7.36. The minimum Gasteiger partial charge on any atom is -0.380 e. The summed E-state index contributed by atoms with van der Waals surface area (Å²) < 4.78 is 23.8. The molecular weight excluding hydrogens is 259 g/mol. The molecular formula is C15H17FN2O2. The average Bonchev–Trinajstić information content (AvgIpc) is 2.95. The first-order chi connectivity index (χ1) is 9.81. The molecule has 1 aliphatic heterocycles. The Kier molecular flexibility index (Phi) is 4.08. The molecule has 0 radical (unpaired) electrons. The highest BCUT2D eigenvalue weighted by Crippen LogP contribution is 2.20. The Balaban J connectivity index is 1.61. The van der Waals surface area contributed by atoms with Crippen LogP contribution in [0, 0.1) is 5.82 Å². The molecule has 5 heteroatoms. The van der Waals surface area contributed by atoms with Gasteiger partial charge in [-0.3, -0.25) is 0 Å². The van der Waals surface area contributed by atoms with Crippen LogP contribution in [0.4, 0.5) is 4.39 Å². The quantitative estimate of drug-likeness (QED) is 0.932. The van der Waals surface area contributed by atoms with Crippen molar-refractivity contribution in [1.29, 1.82) is 0 Å². The molecule has 106 valence electrons. The van der Waals surface area contributed by atoms with Gasteiger partial charge in [-0.05, 0) is 25.0 Å². The number of rotatable bonds is 4. The predicted molar refractivity (Wildman–Crippen MR) is 72.6 cm³/mol. The lowest BCUT2D eigenvalue weighted by molar-refractivity contribution is 0.0691. The van der Waals surface area contributed by atoms with Crippen molar-refractivity contribution in [3.05, 3.63) is 41.9 Å². The average molecular weight is 276 g/mol. The normalized spacial score (nSPS) is 19.1. The van der Waals surface area contributed by atoms with Crippen LogP contribution >= 0.6 is 0 Å². The fourth-order valence-electron chi connectivity index (χ4n) is 2.33. The van der Waals surface area contributed by atoms with Crippen molar-refractivity contribution in [2.45, 2.75) is 25.4 Å². The summed E-state index contributed by atoms with van der Waals surface area (Å²) in [5.41, 5.74) is 1.38. The lowest BCUT2D eigenvalue weighted by Crippen LogP contribution is -2.36. The number of nitrogens with one attached hydrogen (secondary N) is 1. The zero-order chi connectivity index (χ0) is 13.8. The van der Waals surface area contributed by atoms with Crippen molar-refractivity contribution >= 4 is 0 Å². The van der Waals surface area contributed by atoms with Gasteiger partial charge >= 0.3 is 0 Å². The van der Waals surface area contributed by atoms with Gasteiger partial charge in [0.15, 0.2) is 5.76 Å². The largest absolute Gasteiger partial charge is 0.380 e. The molecule has 1 saturated heterocycles. The van der Waals surface area contributed by atoms with Gasteiger partial charge < -0.3 is 14.6 Å². The van der Waals surface area contributed by atoms with Crippen LogP contribution in [0.1, 0.15) is 18.6 Å². The number of ether oxygens (including phenoxy) is 1. The Labute approximate surface area is 116 Å².